The van der Waals surface area contributed by atoms with Crippen LogP contribution in [0, 0.1) is 12.3 Å². The molecule has 0 saturated heterocycles. The Morgan fingerprint density at radius 2 is 1.64 bits per heavy atom. The summed E-state index contributed by atoms with van der Waals surface area (Å²) in [7, 11) is -3.58. The first-order valence-corrected chi connectivity index (χ1v) is 9.74. The minimum atomic E-state index is -3.58. The summed E-state index contributed by atoms with van der Waals surface area (Å²) >= 11 is 0. The van der Waals surface area contributed by atoms with E-state index in [-0.39, 0.29) is 10.7 Å². The first-order chi connectivity index (χ1) is 12.1. The van der Waals surface area contributed by atoms with E-state index in [1.54, 1.807) is 42.5 Å². The van der Waals surface area contributed by atoms with E-state index in [0.717, 1.165) is 6.42 Å². The monoisotopic (exact) mass is 354 g/mol. The van der Waals surface area contributed by atoms with Crippen molar-refractivity contribution in [1.82, 2.24) is 0 Å². The highest BCUT2D eigenvalue weighted by Crippen LogP contribution is 2.27. The number of ether oxygens (including phenoxy) is 1. The molecule has 4 heteroatoms. The summed E-state index contributed by atoms with van der Waals surface area (Å²) in [4.78, 5) is 0.273. The maximum absolute atomic E-state index is 13.0. The van der Waals surface area contributed by atoms with Crippen molar-refractivity contribution in [2.24, 2.45) is 0 Å². The lowest BCUT2D eigenvalue weighted by atomic mass is 10.1. The predicted octanol–water partition coefficient (Wildman–Crippen LogP) is 4.62. The lowest BCUT2D eigenvalue weighted by molar-refractivity contribution is 0.396. The van der Waals surface area contributed by atoms with Gasteiger partial charge in [0.05, 0.1) is 4.90 Å². The molecule has 2 aromatic rings. The Bertz CT molecular complexity index is 818. The summed E-state index contributed by atoms with van der Waals surface area (Å²) < 4.78 is 31.8. The van der Waals surface area contributed by atoms with Crippen LogP contribution in [0.4, 0.5) is 0 Å². The second-order valence-electron chi connectivity index (χ2n) is 5.68. The van der Waals surface area contributed by atoms with Gasteiger partial charge in [0.15, 0.2) is 9.84 Å². The van der Waals surface area contributed by atoms with Crippen molar-refractivity contribution in [2.45, 2.75) is 35.8 Å². The van der Waals surface area contributed by atoms with E-state index in [1.807, 2.05) is 18.2 Å². The van der Waals surface area contributed by atoms with Crippen LogP contribution in [0.2, 0.25) is 0 Å². The fourth-order valence-corrected chi connectivity index (χ4v) is 4.26. The van der Waals surface area contributed by atoms with E-state index < -0.39 is 15.1 Å². The van der Waals surface area contributed by atoms with Gasteiger partial charge in [-0.15, -0.1) is 12.3 Å². The third kappa shape index (κ3) is 5.23. The van der Waals surface area contributed by atoms with E-state index >= 15 is 0 Å². The molecule has 0 aliphatic heterocycles. The molecule has 3 nitrogen and oxygen atoms in total. The Morgan fingerprint density at radius 3 is 2.24 bits per heavy atom. The largest absolute Gasteiger partial charge is 0.461 e. The maximum Gasteiger partial charge on any atom is 0.188 e. The quantitative estimate of drug-likeness (QED) is 0.375. The highest BCUT2D eigenvalue weighted by Gasteiger charge is 2.31. The molecule has 0 spiro atoms. The standard InChI is InChI=1S/C21H22O3S/c1-3-4-5-12-17-21(18(2)24-19-13-8-6-9-14-19)25(22,23)20-15-10-7-11-16-20/h1,6-11,13-16,21H,2,4-5,12,17H2. The van der Waals surface area contributed by atoms with Crippen molar-refractivity contribution < 1.29 is 13.2 Å². The Hall–Kier alpha value is -2.51. The summed E-state index contributed by atoms with van der Waals surface area (Å²) in [6, 6.07) is 17.5. The van der Waals surface area contributed by atoms with Crippen LogP contribution in [0.5, 0.6) is 5.75 Å². The van der Waals surface area contributed by atoms with Gasteiger partial charge < -0.3 is 4.74 Å². The van der Waals surface area contributed by atoms with E-state index in [0.29, 0.717) is 25.0 Å². The van der Waals surface area contributed by atoms with Crippen LogP contribution in [-0.2, 0) is 9.84 Å². The van der Waals surface area contributed by atoms with E-state index in [2.05, 4.69) is 12.5 Å². The Balaban J connectivity index is 2.23. The van der Waals surface area contributed by atoms with Crippen molar-refractivity contribution in [3.05, 3.63) is 73.0 Å². The van der Waals surface area contributed by atoms with Gasteiger partial charge in [0.1, 0.15) is 16.8 Å². The first-order valence-electron chi connectivity index (χ1n) is 8.20. The predicted molar refractivity (Wildman–Crippen MR) is 101 cm³/mol. The van der Waals surface area contributed by atoms with Crippen LogP contribution >= 0.6 is 0 Å². The average Bonchev–Trinajstić information content (AvgIpc) is 2.63. The molecule has 0 saturated carbocycles. The molecule has 0 aromatic heterocycles. The Labute approximate surface area is 150 Å². The van der Waals surface area contributed by atoms with Crippen molar-refractivity contribution in [2.75, 3.05) is 0 Å². The van der Waals surface area contributed by atoms with E-state index in [1.165, 1.54) is 0 Å². The normalized spacial score (nSPS) is 12.1. The zero-order valence-electron chi connectivity index (χ0n) is 14.1. The lowest BCUT2D eigenvalue weighted by Gasteiger charge is -2.20. The molecule has 0 N–H and O–H groups in total. The highest BCUT2D eigenvalue weighted by atomic mass is 32.2. The highest BCUT2D eigenvalue weighted by molar-refractivity contribution is 7.92. The SMILES string of the molecule is C#CCCCCC(C(=C)Oc1ccccc1)S(=O)(=O)c1ccccc1. The van der Waals surface area contributed by atoms with Crippen molar-refractivity contribution in [3.63, 3.8) is 0 Å². The molecule has 0 bridgehead atoms. The molecule has 130 valence electrons. The van der Waals surface area contributed by atoms with Crippen molar-refractivity contribution in [1.29, 1.82) is 0 Å². The smallest absolute Gasteiger partial charge is 0.188 e. The summed E-state index contributed by atoms with van der Waals surface area (Å²) in [6.45, 7) is 3.90. The molecule has 0 amide bonds. The van der Waals surface area contributed by atoms with Crippen LogP contribution in [0.3, 0.4) is 0 Å². The van der Waals surface area contributed by atoms with E-state index in [4.69, 9.17) is 11.2 Å². The van der Waals surface area contributed by atoms with Gasteiger partial charge in [0, 0.05) is 6.42 Å². The third-order valence-corrected chi connectivity index (χ3v) is 6.01. The zero-order chi connectivity index (χ0) is 18.1. The van der Waals surface area contributed by atoms with Gasteiger partial charge in [-0.3, -0.25) is 0 Å². The van der Waals surface area contributed by atoms with Crippen molar-refractivity contribution >= 4 is 9.84 Å². The van der Waals surface area contributed by atoms with Crippen LogP contribution in [0.25, 0.3) is 0 Å². The number of terminal acetylenes is 1. The molecular weight excluding hydrogens is 332 g/mol. The number of hydrogen-bond donors (Lipinski definition) is 0. The fourth-order valence-electron chi connectivity index (χ4n) is 2.53. The molecule has 1 unspecified atom stereocenters. The van der Waals surface area contributed by atoms with Gasteiger partial charge in [-0.25, -0.2) is 8.42 Å². The second kappa shape index (κ2) is 9.10. The number of para-hydroxylation sites is 1. The number of rotatable bonds is 9. The summed E-state index contributed by atoms with van der Waals surface area (Å²) in [5.41, 5.74) is 0. The molecule has 25 heavy (non-hydrogen) atoms. The zero-order valence-corrected chi connectivity index (χ0v) is 14.9. The molecule has 2 rings (SSSR count). The molecule has 0 radical (unpaired) electrons. The summed E-state index contributed by atoms with van der Waals surface area (Å²) in [5, 5.41) is -0.812. The number of sulfone groups is 1. The molecule has 0 fully saturated rings. The summed E-state index contributed by atoms with van der Waals surface area (Å²) in [6.07, 6.45) is 7.79. The molecule has 1 atom stereocenters. The summed E-state index contributed by atoms with van der Waals surface area (Å²) in [5.74, 6) is 3.38. The van der Waals surface area contributed by atoms with Crippen LogP contribution < -0.4 is 4.74 Å². The van der Waals surface area contributed by atoms with E-state index in [9.17, 15) is 8.42 Å². The van der Waals surface area contributed by atoms with Gasteiger partial charge in [-0.05, 0) is 37.1 Å². The van der Waals surface area contributed by atoms with Crippen LogP contribution in [0.15, 0.2) is 77.9 Å². The fraction of sp³-hybridized carbons (Fsp3) is 0.238. The van der Waals surface area contributed by atoms with Crippen LogP contribution in [0.1, 0.15) is 25.7 Å². The van der Waals surface area contributed by atoms with Crippen molar-refractivity contribution in [3.8, 4) is 18.1 Å². The molecule has 0 aliphatic carbocycles. The van der Waals surface area contributed by atoms with Gasteiger partial charge in [-0.1, -0.05) is 49.4 Å². The molecule has 0 heterocycles. The van der Waals surface area contributed by atoms with Gasteiger partial charge in [0.2, 0.25) is 0 Å². The molecular formula is C21H22O3S. The lowest BCUT2D eigenvalue weighted by Crippen LogP contribution is -2.26. The Kier molecular flexibility index (Phi) is 6.85. The number of hydrogen-bond acceptors (Lipinski definition) is 3. The Morgan fingerprint density at radius 1 is 1.04 bits per heavy atom. The number of unbranched alkanes of at least 4 members (excludes halogenated alkanes) is 2. The minimum Gasteiger partial charge on any atom is -0.461 e. The topological polar surface area (TPSA) is 43.4 Å². The average molecular weight is 354 g/mol. The molecule has 0 aliphatic rings. The van der Waals surface area contributed by atoms with Gasteiger partial charge in [0.25, 0.3) is 0 Å². The third-order valence-electron chi connectivity index (χ3n) is 3.83. The second-order valence-corrected chi connectivity index (χ2v) is 7.81. The van der Waals surface area contributed by atoms with Gasteiger partial charge >= 0.3 is 0 Å². The maximum atomic E-state index is 13.0. The minimum absolute atomic E-state index is 0.232. The van der Waals surface area contributed by atoms with Gasteiger partial charge in [-0.2, -0.15) is 0 Å². The first kappa shape index (κ1) is 18.8. The van der Waals surface area contributed by atoms with Crippen LogP contribution in [-0.4, -0.2) is 13.7 Å². The number of benzene rings is 2. The molecule has 2 aromatic carbocycles.